The number of rotatable bonds is 5. The predicted octanol–water partition coefficient (Wildman–Crippen LogP) is 4.35. The lowest BCUT2D eigenvalue weighted by atomic mass is 10.3. The van der Waals surface area contributed by atoms with Crippen LogP contribution < -0.4 is 5.32 Å². The number of hydrogen-bond donors (Lipinski definition) is 1. The number of hydrogen-bond acceptors (Lipinski definition) is 5. The number of halogens is 1. The normalized spacial score (nSPS) is 11.5. The molecule has 0 aliphatic carbocycles. The molecule has 1 N–H and O–H groups in total. The number of aromatic nitrogens is 2. The second-order valence-electron chi connectivity index (χ2n) is 4.17. The first-order valence-electron chi connectivity index (χ1n) is 6.23. The molecular weight excluding hydrogens is 326 g/mol. The summed E-state index contributed by atoms with van der Waals surface area (Å²) in [6, 6.07) is 7.38. The van der Waals surface area contributed by atoms with Crippen LogP contribution in [0.5, 0.6) is 0 Å². The second-order valence-corrected chi connectivity index (χ2v) is 6.64. The lowest BCUT2D eigenvalue weighted by molar-refractivity contribution is -0.113. The zero-order valence-electron chi connectivity index (χ0n) is 11.6. The van der Waals surface area contributed by atoms with Crippen molar-refractivity contribution in [3.63, 3.8) is 0 Å². The van der Waals surface area contributed by atoms with Gasteiger partial charge in [-0.2, -0.15) is 0 Å². The minimum Gasteiger partial charge on any atom is -0.300 e. The van der Waals surface area contributed by atoms with Crippen molar-refractivity contribution in [1.82, 2.24) is 10.2 Å². The lowest BCUT2D eigenvalue weighted by Gasteiger charge is -2.01. The van der Waals surface area contributed by atoms with Crippen LogP contribution in [-0.4, -0.2) is 21.9 Å². The van der Waals surface area contributed by atoms with Gasteiger partial charge < -0.3 is 0 Å². The van der Waals surface area contributed by atoms with Crippen LogP contribution >= 0.6 is 34.7 Å². The van der Waals surface area contributed by atoms with Crippen molar-refractivity contribution in [3.05, 3.63) is 40.4 Å². The highest BCUT2D eigenvalue weighted by atomic mass is 35.5. The topological polar surface area (TPSA) is 54.9 Å². The molecule has 21 heavy (non-hydrogen) atoms. The Morgan fingerprint density at radius 1 is 1.38 bits per heavy atom. The van der Waals surface area contributed by atoms with Gasteiger partial charge in [-0.25, -0.2) is 0 Å². The maximum atomic E-state index is 11.9. The Balaban J connectivity index is 1.87. The summed E-state index contributed by atoms with van der Waals surface area (Å²) in [6.07, 6.45) is 1.96. The molecule has 110 valence electrons. The third kappa shape index (κ3) is 4.84. The molecule has 1 aromatic carbocycles. The summed E-state index contributed by atoms with van der Waals surface area (Å²) in [5.41, 5.74) is 1.04. The van der Waals surface area contributed by atoms with Crippen molar-refractivity contribution in [3.8, 4) is 0 Å². The van der Waals surface area contributed by atoms with Crippen molar-refractivity contribution in [1.29, 1.82) is 0 Å². The molecular formula is C14H14ClN3OS2. The fourth-order valence-corrected chi connectivity index (χ4v) is 3.01. The zero-order valence-corrected chi connectivity index (χ0v) is 14.0. The standard InChI is InChI=1S/C14H14ClN3OS2/c1-3-9(2)13-17-18-14(21-13)16-12(19)8-20-11-6-4-10(15)5-7-11/h3-7H,8H2,1-2H3,(H,16,18,19)/b9-3+. The van der Waals surface area contributed by atoms with E-state index in [1.54, 1.807) is 12.1 Å². The van der Waals surface area contributed by atoms with E-state index in [0.717, 1.165) is 15.5 Å². The molecule has 0 aliphatic rings. The quantitative estimate of drug-likeness (QED) is 0.823. The fraction of sp³-hybridized carbons (Fsp3) is 0.214. The van der Waals surface area contributed by atoms with Gasteiger partial charge in [0.25, 0.3) is 0 Å². The molecule has 0 atom stereocenters. The maximum absolute atomic E-state index is 11.9. The van der Waals surface area contributed by atoms with Gasteiger partial charge in [-0.05, 0) is 43.7 Å². The van der Waals surface area contributed by atoms with E-state index in [1.807, 2.05) is 32.1 Å². The monoisotopic (exact) mass is 339 g/mol. The van der Waals surface area contributed by atoms with Crippen LogP contribution in [0, 0.1) is 0 Å². The summed E-state index contributed by atoms with van der Waals surface area (Å²) in [5, 5.41) is 12.8. The number of nitrogens with zero attached hydrogens (tertiary/aromatic N) is 2. The molecule has 7 heteroatoms. The smallest absolute Gasteiger partial charge is 0.236 e. The van der Waals surface area contributed by atoms with Crippen LogP contribution in [0.2, 0.25) is 5.02 Å². The Bertz CT molecular complexity index is 652. The highest BCUT2D eigenvalue weighted by molar-refractivity contribution is 8.00. The summed E-state index contributed by atoms with van der Waals surface area (Å²) in [7, 11) is 0. The van der Waals surface area contributed by atoms with E-state index < -0.39 is 0 Å². The zero-order chi connectivity index (χ0) is 15.2. The van der Waals surface area contributed by atoms with Gasteiger partial charge >= 0.3 is 0 Å². The Kier molecular flexibility index (Phi) is 5.78. The SMILES string of the molecule is C/C=C(\C)c1nnc(NC(=O)CSc2ccc(Cl)cc2)s1. The van der Waals surface area contributed by atoms with E-state index in [1.165, 1.54) is 23.1 Å². The molecule has 0 spiro atoms. The van der Waals surface area contributed by atoms with Crippen LogP contribution in [-0.2, 0) is 4.79 Å². The van der Waals surface area contributed by atoms with Gasteiger partial charge in [0.05, 0.1) is 5.75 Å². The summed E-state index contributed by atoms with van der Waals surface area (Å²) in [6.45, 7) is 3.90. The number of benzene rings is 1. The molecule has 0 saturated carbocycles. The van der Waals surface area contributed by atoms with Crippen molar-refractivity contribution in [2.45, 2.75) is 18.7 Å². The molecule has 1 heterocycles. The van der Waals surface area contributed by atoms with Gasteiger partial charge in [0.15, 0.2) is 0 Å². The number of thioether (sulfide) groups is 1. The predicted molar refractivity (Wildman–Crippen MR) is 90.0 cm³/mol. The number of amides is 1. The maximum Gasteiger partial charge on any atom is 0.236 e. The van der Waals surface area contributed by atoms with Crippen LogP contribution in [0.15, 0.2) is 35.2 Å². The van der Waals surface area contributed by atoms with Crippen LogP contribution in [0.4, 0.5) is 5.13 Å². The Hall–Kier alpha value is -1.37. The fourth-order valence-electron chi connectivity index (χ4n) is 1.39. The van der Waals surface area contributed by atoms with Crippen molar-refractivity contribution < 1.29 is 4.79 Å². The summed E-state index contributed by atoms with van der Waals surface area (Å²) in [4.78, 5) is 12.9. The second kappa shape index (κ2) is 7.59. The molecule has 0 bridgehead atoms. The van der Waals surface area contributed by atoms with E-state index in [0.29, 0.717) is 15.9 Å². The number of anilines is 1. The van der Waals surface area contributed by atoms with E-state index in [4.69, 9.17) is 11.6 Å². The lowest BCUT2D eigenvalue weighted by Crippen LogP contribution is -2.13. The molecule has 0 saturated heterocycles. The van der Waals surface area contributed by atoms with Gasteiger partial charge in [0.1, 0.15) is 5.01 Å². The third-order valence-corrected chi connectivity index (χ3v) is 4.86. The molecule has 0 fully saturated rings. The average molecular weight is 340 g/mol. The largest absolute Gasteiger partial charge is 0.300 e. The van der Waals surface area contributed by atoms with E-state index >= 15 is 0 Å². The minimum atomic E-state index is -0.101. The molecule has 4 nitrogen and oxygen atoms in total. The summed E-state index contributed by atoms with van der Waals surface area (Å²) in [5.74, 6) is 0.217. The minimum absolute atomic E-state index is 0.101. The van der Waals surface area contributed by atoms with E-state index in [9.17, 15) is 4.79 Å². The summed E-state index contributed by atoms with van der Waals surface area (Å²) < 4.78 is 0. The first-order chi connectivity index (χ1) is 10.1. The molecule has 0 radical (unpaired) electrons. The molecule has 0 unspecified atom stereocenters. The van der Waals surface area contributed by atoms with Crippen molar-refractivity contribution >= 4 is 51.3 Å². The third-order valence-electron chi connectivity index (χ3n) is 2.63. The van der Waals surface area contributed by atoms with Gasteiger partial charge in [-0.3, -0.25) is 10.1 Å². The number of carbonyl (C=O) groups is 1. The van der Waals surface area contributed by atoms with Crippen LogP contribution in [0.1, 0.15) is 18.9 Å². The molecule has 0 aliphatic heterocycles. The average Bonchev–Trinajstić information content (AvgIpc) is 2.94. The highest BCUT2D eigenvalue weighted by Gasteiger charge is 2.09. The first kappa shape index (κ1) is 16.0. The van der Waals surface area contributed by atoms with Crippen LogP contribution in [0.25, 0.3) is 5.57 Å². The number of allylic oxidation sites excluding steroid dienone is 2. The van der Waals surface area contributed by atoms with Gasteiger partial charge in [-0.15, -0.1) is 22.0 Å². The molecule has 1 aromatic heterocycles. The van der Waals surface area contributed by atoms with E-state index in [-0.39, 0.29) is 5.91 Å². The molecule has 2 rings (SSSR count). The Morgan fingerprint density at radius 2 is 2.10 bits per heavy atom. The van der Waals surface area contributed by atoms with Gasteiger partial charge in [0, 0.05) is 9.92 Å². The molecule has 2 aromatic rings. The number of nitrogens with one attached hydrogen (secondary N) is 1. The highest BCUT2D eigenvalue weighted by Crippen LogP contribution is 2.23. The molecule has 1 amide bonds. The van der Waals surface area contributed by atoms with Gasteiger partial charge in [0.2, 0.25) is 11.0 Å². The van der Waals surface area contributed by atoms with Gasteiger partial charge in [-0.1, -0.05) is 29.0 Å². The van der Waals surface area contributed by atoms with Crippen LogP contribution in [0.3, 0.4) is 0 Å². The van der Waals surface area contributed by atoms with E-state index in [2.05, 4.69) is 15.5 Å². The number of carbonyl (C=O) groups excluding carboxylic acids is 1. The van der Waals surface area contributed by atoms with Crippen molar-refractivity contribution in [2.75, 3.05) is 11.1 Å². The summed E-state index contributed by atoms with van der Waals surface area (Å²) >= 11 is 8.63. The van der Waals surface area contributed by atoms with Crippen molar-refractivity contribution in [2.24, 2.45) is 0 Å². The Labute approximate surface area is 136 Å². The first-order valence-corrected chi connectivity index (χ1v) is 8.41. The Morgan fingerprint density at radius 3 is 2.76 bits per heavy atom.